The molecule has 0 unspecified atom stereocenters. The number of nitrogens with one attached hydrogen (secondary N) is 2. The Kier molecular flexibility index (Phi) is 13.1. The molecule has 1 aliphatic heterocycles. The van der Waals surface area contributed by atoms with Gasteiger partial charge in [0.15, 0.2) is 5.96 Å². The number of unbranched alkanes of at least 4 members (excludes halogenated alkanes) is 3. The Labute approximate surface area is 181 Å². The molecule has 0 bridgehead atoms. The number of hydrogen-bond donors (Lipinski definition) is 2. The monoisotopic (exact) mass is 489 g/mol. The van der Waals surface area contributed by atoms with E-state index >= 15 is 0 Å². The van der Waals surface area contributed by atoms with Gasteiger partial charge in [0.25, 0.3) is 0 Å². The summed E-state index contributed by atoms with van der Waals surface area (Å²) in [4.78, 5) is 17.8. The zero-order valence-corrected chi connectivity index (χ0v) is 19.2. The van der Waals surface area contributed by atoms with Gasteiger partial charge in [-0.2, -0.15) is 0 Å². The maximum atomic E-state index is 4.34. The Morgan fingerprint density at radius 3 is 2.30 bits per heavy atom. The molecule has 7 nitrogen and oxygen atoms in total. The average molecular weight is 489 g/mol. The van der Waals surface area contributed by atoms with Gasteiger partial charge < -0.3 is 15.5 Å². The van der Waals surface area contributed by atoms with E-state index in [0.29, 0.717) is 0 Å². The van der Waals surface area contributed by atoms with Crippen LogP contribution in [0.15, 0.2) is 23.5 Å². The molecule has 2 rings (SSSR count). The van der Waals surface area contributed by atoms with Gasteiger partial charge in [-0.25, -0.2) is 9.97 Å². The van der Waals surface area contributed by atoms with E-state index in [1.54, 1.807) is 0 Å². The van der Waals surface area contributed by atoms with Gasteiger partial charge in [-0.05, 0) is 25.5 Å². The first-order valence-corrected chi connectivity index (χ1v) is 10.0. The van der Waals surface area contributed by atoms with Crippen molar-refractivity contribution in [3.05, 3.63) is 18.5 Å². The first kappa shape index (κ1) is 23.9. The van der Waals surface area contributed by atoms with Crippen LogP contribution in [0.5, 0.6) is 0 Å². The molecule has 1 fully saturated rings. The van der Waals surface area contributed by atoms with Crippen LogP contribution in [-0.4, -0.2) is 73.7 Å². The molecular weight excluding hydrogens is 453 g/mol. The molecule has 1 saturated heterocycles. The minimum Gasteiger partial charge on any atom is -0.356 e. The van der Waals surface area contributed by atoms with Gasteiger partial charge in [-0.1, -0.05) is 26.2 Å². The van der Waals surface area contributed by atoms with Crippen LogP contribution in [0.25, 0.3) is 0 Å². The number of piperazine rings is 1. The highest BCUT2D eigenvalue weighted by Crippen LogP contribution is 2.09. The summed E-state index contributed by atoms with van der Waals surface area (Å²) >= 11 is 0. The van der Waals surface area contributed by atoms with E-state index in [2.05, 4.69) is 42.3 Å². The molecule has 0 aliphatic carbocycles. The largest absolute Gasteiger partial charge is 0.356 e. The first-order chi connectivity index (χ1) is 12.8. The van der Waals surface area contributed by atoms with Crippen LogP contribution < -0.4 is 15.5 Å². The summed E-state index contributed by atoms with van der Waals surface area (Å²) in [6.45, 7) is 9.45. The summed E-state index contributed by atoms with van der Waals surface area (Å²) in [7, 11) is 1.84. The second kappa shape index (κ2) is 14.8. The molecule has 0 spiro atoms. The SMILES string of the molecule is CCCCCCNC(=NC)NCCCN1CCN(c2ncccn2)CC1.I. The third-order valence-corrected chi connectivity index (χ3v) is 4.70. The summed E-state index contributed by atoms with van der Waals surface area (Å²) in [5.41, 5.74) is 0. The van der Waals surface area contributed by atoms with Crippen molar-refractivity contribution in [2.75, 3.05) is 57.8 Å². The normalized spacial score (nSPS) is 15.3. The Hall–Kier alpha value is -1.16. The molecule has 0 radical (unpaired) electrons. The molecule has 0 atom stereocenters. The fourth-order valence-corrected chi connectivity index (χ4v) is 3.11. The highest BCUT2D eigenvalue weighted by molar-refractivity contribution is 14.0. The smallest absolute Gasteiger partial charge is 0.225 e. The molecule has 154 valence electrons. The Balaban J connectivity index is 0.00000364. The lowest BCUT2D eigenvalue weighted by Gasteiger charge is -2.34. The van der Waals surface area contributed by atoms with Crippen LogP contribution in [-0.2, 0) is 0 Å². The molecule has 1 aromatic rings. The van der Waals surface area contributed by atoms with Crippen LogP contribution in [0, 0.1) is 0 Å². The van der Waals surface area contributed by atoms with Gasteiger partial charge in [0.2, 0.25) is 5.95 Å². The van der Waals surface area contributed by atoms with Gasteiger partial charge in [0, 0.05) is 58.7 Å². The highest BCUT2D eigenvalue weighted by Gasteiger charge is 2.18. The lowest BCUT2D eigenvalue weighted by molar-refractivity contribution is 0.254. The number of nitrogens with zero attached hydrogens (tertiary/aromatic N) is 5. The minimum absolute atomic E-state index is 0. The fourth-order valence-electron chi connectivity index (χ4n) is 3.11. The maximum absolute atomic E-state index is 4.34. The van der Waals surface area contributed by atoms with Crippen molar-refractivity contribution in [1.82, 2.24) is 25.5 Å². The lowest BCUT2D eigenvalue weighted by Crippen LogP contribution is -2.47. The first-order valence-electron chi connectivity index (χ1n) is 10.0. The standard InChI is InChI=1S/C19H35N7.HI/c1-3-4-5-6-9-21-18(20-2)22-12-8-13-25-14-16-26(17-15-25)19-23-10-7-11-24-19;/h7,10-11H,3-6,8-9,12-17H2,1-2H3,(H2,20,21,22);1H. The third kappa shape index (κ3) is 9.55. The van der Waals surface area contributed by atoms with Gasteiger partial charge >= 0.3 is 0 Å². The van der Waals surface area contributed by atoms with Crippen LogP contribution in [0.2, 0.25) is 0 Å². The Morgan fingerprint density at radius 1 is 1.00 bits per heavy atom. The van der Waals surface area contributed by atoms with E-state index in [0.717, 1.165) is 64.1 Å². The van der Waals surface area contributed by atoms with Crippen molar-refractivity contribution >= 4 is 35.9 Å². The van der Waals surface area contributed by atoms with Crippen molar-refractivity contribution in [1.29, 1.82) is 0 Å². The second-order valence-corrected chi connectivity index (χ2v) is 6.72. The van der Waals surface area contributed by atoms with Crippen LogP contribution in [0.1, 0.15) is 39.0 Å². The molecule has 27 heavy (non-hydrogen) atoms. The van der Waals surface area contributed by atoms with Crippen LogP contribution in [0.4, 0.5) is 5.95 Å². The molecule has 1 aliphatic rings. The van der Waals surface area contributed by atoms with E-state index in [9.17, 15) is 0 Å². The Bertz CT molecular complexity index is 504. The summed E-state index contributed by atoms with van der Waals surface area (Å²) in [6, 6.07) is 1.86. The number of hydrogen-bond acceptors (Lipinski definition) is 5. The predicted octanol–water partition coefficient (Wildman–Crippen LogP) is 2.35. The number of rotatable bonds is 10. The summed E-state index contributed by atoms with van der Waals surface area (Å²) in [6.07, 6.45) is 9.84. The zero-order chi connectivity index (χ0) is 18.5. The molecule has 8 heteroatoms. The van der Waals surface area contributed by atoms with Gasteiger partial charge in [0.05, 0.1) is 0 Å². The molecule has 0 amide bonds. The summed E-state index contributed by atoms with van der Waals surface area (Å²) in [5.74, 6) is 1.77. The number of guanidine groups is 1. The van der Waals surface area contributed by atoms with Crippen molar-refractivity contribution in [2.24, 2.45) is 4.99 Å². The molecule has 2 N–H and O–H groups in total. The summed E-state index contributed by atoms with van der Waals surface area (Å²) in [5, 5.41) is 6.81. The van der Waals surface area contributed by atoms with Crippen molar-refractivity contribution in [2.45, 2.75) is 39.0 Å². The number of aliphatic imine (C=N–C) groups is 1. The van der Waals surface area contributed by atoms with Crippen molar-refractivity contribution in [3.8, 4) is 0 Å². The van der Waals surface area contributed by atoms with E-state index in [1.807, 2.05) is 25.5 Å². The van der Waals surface area contributed by atoms with E-state index in [-0.39, 0.29) is 24.0 Å². The van der Waals surface area contributed by atoms with E-state index in [4.69, 9.17) is 0 Å². The molecule has 0 saturated carbocycles. The van der Waals surface area contributed by atoms with Crippen LogP contribution >= 0.6 is 24.0 Å². The molecule has 1 aromatic heterocycles. The lowest BCUT2D eigenvalue weighted by atomic mass is 10.2. The van der Waals surface area contributed by atoms with Gasteiger partial charge in [-0.3, -0.25) is 9.89 Å². The van der Waals surface area contributed by atoms with Crippen molar-refractivity contribution in [3.63, 3.8) is 0 Å². The molecular formula is C19H36IN7. The Morgan fingerprint density at radius 2 is 1.67 bits per heavy atom. The minimum atomic E-state index is 0. The predicted molar refractivity (Wildman–Crippen MR) is 124 cm³/mol. The number of anilines is 1. The summed E-state index contributed by atoms with van der Waals surface area (Å²) < 4.78 is 0. The number of halogens is 1. The fraction of sp³-hybridized carbons (Fsp3) is 0.737. The highest BCUT2D eigenvalue weighted by atomic mass is 127. The molecule has 0 aromatic carbocycles. The average Bonchev–Trinajstić information content (AvgIpc) is 2.70. The van der Waals surface area contributed by atoms with Gasteiger partial charge in [0.1, 0.15) is 0 Å². The van der Waals surface area contributed by atoms with Crippen LogP contribution in [0.3, 0.4) is 0 Å². The maximum Gasteiger partial charge on any atom is 0.225 e. The van der Waals surface area contributed by atoms with Gasteiger partial charge in [-0.15, -0.1) is 24.0 Å². The molecule has 2 heterocycles. The second-order valence-electron chi connectivity index (χ2n) is 6.72. The number of aromatic nitrogens is 2. The van der Waals surface area contributed by atoms with Crippen molar-refractivity contribution < 1.29 is 0 Å². The topological polar surface area (TPSA) is 68.7 Å². The van der Waals surface area contributed by atoms with E-state index in [1.165, 1.54) is 25.7 Å². The van der Waals surface area contributed by atoms with E-state index < -0.39 is 0 Å². The zero-order valence-electron chi connectivity index (χ0n) is 16.9. The quantitative estimate of drug-likeness (QED) is 0.228. The third-order valence-electron chi connectivity index (χ3n) is 4.70.